The number of methoxy groups -OCH3 is 1. The van der Waals surface area contributed by atoms with Crippen LogP contribution < -0.4 is 10.1 Å². The van der Waals surface area contributed by atoms with Gasteiger partial charge in [0.05, 0.1) is 18.4 Å². The second-order valence-corrected chi connectivity index (χ2v) is 4.30. The van der Waals surface area contributed by atoms with Crippen LogP contribution in [0, 0.1) is 0 Å². The lowest BCUT2D eigenvalue weighted by Gasteiger charge is -2.32. The number of hydrogen-bond donors (Lipinski definition) is 2. The second kappa shape index (κ2) is 4.80. The number of hydrogen-bond acceptors (Lipinski definition) is 4. The minimum Gasteiger partial charge on any atom is -0.495 e. The summed E-state index contributed by atoms with van der Waals surface area (Å²) in [5, 5.41) is 13.7. The zero-order valence-corrected chi connectivity index (χ0v) is 9.57. The SMILES string of the molecule is COc1cccnc1CC1(O)CCNCC1. The van der Waals surface area contributed by atoms with Crippen LogP contribution in [0.3, 0.4) is 0 Å². The third-order valence-electron chi connectivity index (χ3n) is 3.10. The molecule has 4 heteroatoms. The Morgan fingerprint density at radius 1 is 1.50 bits per heavy atom. The normalized spacial score (nSPS) is 19.4. The van der Waals surface area contributed by atoms with Gasteiger partial charge in [-0.3, -0.25) is 4.98 Å². The van der Waals surface area contributed by atoms with Crippen LogP contribution in [0.5, 0.6) is 5.75 Å². The molecule has 88 valence electrons. The Bertz CT molecular complexity index is 349. The topological polar surface area (TPSA) is 54.4 Å². The summed E-state index contributed by atoms with van der Waals surface area (Å²) in [4.78, 5) is 4.28. The standard InChI is InChI=1S/C12H18N2O2/c1-16-11-3-2-6-14-10(11)9-12(15)4-7-13-8-5-12/h2-3,6,13,15H,4-5,7-9H2,1H3. The minimum atomic E-state index is -0.632. The molecule has 0 amide bonds. The number of pyridine rings is 1. The first-order valence-corrected chi connectivity index (χ1v) is 5.64. The molecule has 1 aromatic rings. The highest BCUT2D eigenvalue weighted by Gasteiger charge is 2.30. The fourth-order valence-electron chi connectivity index (χ4n) is 2.12. The molecule has 0 aromatic carbocycles. The van der Waals surface area contributed by atoms with Gasteiger partial charge in [0.1, 0.15) is 5.75 Å². The summed E-state index contributed by atoms with van der Waals surface area (Å²) in [6.07, 6.45) is 3.85. The Kier molecular flexibility index (Phi) is 3.41. The maximum absolute atomic E-state index is 10.4. The number of nitrogens with zero attached hydrogens (tertiary/aromatic N) is 1. The summed E-state index contributed by atoms with van der Waals surface area (Å²) < 4.78 is 5.24. The van der Waals surface area contributed by atoms with Crippen LogP contribution in [0.4, 0.5) is 0 Å². The Labute approximate surface area is 95.7 Å². The van der Waals surface area contributed by atoms with E-state index in [0.717, 1.165) is 37.4 Å². The predicted molar refractivity (Wildman–Crippen MR) is 61.5 cm³/mol. The molecule has 0 saturated carbocycles. The molecular weight excluding hydrogens is 204 g/mol. The van der Waals surface area contributed by atoms with Gasteiger partial charge in [-0.15, -0.1) is 0 Å². The van der Waals surface area contributed by atoms with E-state index in [1.165, 1.54) is 0 Å². The van der Waals surface area contributed by atoms with Gasteiger partial charge in [-0.25, -0.2) is 0 Å². The van der Waals surface area contributed by atoms with Gasteiger partial charge < -0.3 is 15.2 Å². The maximum Gasteiger partial charge on any atom is 0.140 e. The molecule has 0 bridgehead atoms. The molecule has 2 rings (SSSR count). The monoisotopic (exact) mass is 222 g/mol. The maximum atomic E-state index is 10.4. The van der Waals surface area contributed by atoms with Gasteiger partial charge in [0.2, 0.25) is 0 Å². The second-order valence-electron chi connectivity index (χ2n) is 4.30. The van der Waals surface area contributed by atoms with Gasteiger partial charge in [0.25, 0.3) is 0 Å². The molecule has 0 unspecified atom stereocenters. The van der Waals surface area contributed by atoms with Crippen molar-refractivity contribution in [3.63, 3.8) is 0 Å². The van der Waals surface area contributed by atoms with Crippen LogP contribution >= 0.6 is 0 Å². The lowest BCUT2D eigenvalue weighted by molar-refractivity contribution is 0.00951. The first-order valence-electron chi connectivity index (χ1n) is 5.64. The molecular formula is C12H18N2O2. The van der Waals surface area contributed by atoms with Gasteiger partial charge in [-0.2, -0.15) is 0 Å². The number of ether oxygens (including phenoxy) is 1. The predicted octanol–water partition coefficient (Wildman–Crippen LogP) is 0.747. The zero-order valence-electron chi connectivity index (χ0n) is 9.57. The first kappa shape index (κ1) is 11.4. The smallest absolute Gasteiger partial charge is 0.140 e. The van der Waals surface area contributed by atoms with E-state index in [-0.39, 0.29) is 0 Å². The molecule has 4 nitrogen and oxygen atoms in total. The number of piperidine rings is 1. The highest BCUT2D eigenvalue weighted by Crippen LogP contribution is 2.26. The third-order valence-corrected chi connectivity index (χ3v) is 3.10. The van der Waals surface area contributed by atoms with Gasteiger partial charge >= 0.3 is 0 Å². The Morgan fingerprint density at radius 2 is 2.25 bits per heavy atom. The largest absolute Gasteiger partial charge is 0.495 e. The van der Waals surface area contributed by atoms with E-state index in [1.807, 2.05) is 12.1 Å². The van der Waals surface area contributed by atoms with Crippen molar-refractivity contribution in [2.24, 2.45) is 0 Å². The van der Waals surface area contributed by atoms with Gasteiger partial charge in [-0.05, 0) is 38.1 Å². The van der Waals surface area contributed by atoms with Crippen LogP contribution in [-0.4, -0.2) is 35.9 Å². The van der Waals surface area contributed by atoms with Crippen LogP contribution in [-0.2, 0) is 6.42 Å². The Hall–Kier alpha value is -1.13. The summed E-state index contributed by atoms with van der Waals surface area (Å²) >= 11 is 0. The van der Waals surface area contributed by atoms with Crippen molar-refractivity contribution in [1.82, 2.24) is 10.3 Å². The molecule has 2 N–H and O–H groups in total. The summed E-state index contributed by atoms with van der Waals surface area (Å²) in [7, 11) is 1.63. The molecule has 0 atom stereocenters. The van der Waals surface area contributed by atoms with E-state index < -0.39 is 5.60 Å². The molecule has 16 heavy (non-hydrogen) atoms. The van der Waals surface area contributed by atoms with Gasteiger partial charge in [0, 0.05) is 12.6 Å². The average Bonchev–Trinajstić information content (AvgIpc) is 2.30. The van der Waals surface area contributed by atoms with E-state index in [4.69, 9.17) is 4.74 Å². The van der Waals surface area contributed by atoms with Crippen molar-refractivity contribution in [2.45, 2.75) is 24.9 Å². The van der Waals surface area contributed by atoms with E-state index in [9.17, 15) is 5.11 Å². The van der Waals surface area contributed by atoms with Crippen molar-refractivity contribution in [1.29, 1.82) is 0 Å². The highest BCUT2D eigenvalue weighted by molar-refractivity contribution is 5.28. The molecule has 1 saturated heterocycles. The summed E-state index contributed by atoms with van der Waals surface area (Å²) in [5.41, 5.74) is 0.210. The van der Waals surface area contributed by atoms with Crippen molar-refractivity contribution in [3.05, 3.63) is 24.0 Å². The van der Waals surface area contributed by atoms with E-state index in [0.29, 0.717) is 6.42 Å². The quantitative estimate of drug-likeness (QED) is 0.792. The molecule has 1 fully saturated rings. The molecule has 0 radical (unpaired) electrons. The highest BCUT2D eigenvalue weighted by atomic mass is 16.5. The van der Waals surface area contributed by atoms with Gasteiger partial charge in [-0.1, -0.05) is 0 Å². The summed E-state index contributed by atoms with van der Waals surface area (Å²) in [6.45, 7) is 1.73. The van der Waals surface area contributed by atoms with E-state index in [2.05, 4.69) is 10.3 Å². The van der Waals surface area contributed by atoms with Crippen LogP contribution in [0.25, 0.3) is 0 Å². The number of aliphatic hydroxyl groups is 1. The van der Waals surface area contributed by atoms with Crippen LogP contribution in [0.2, 0.25) is 0 Å². The van der Waals surface area contributed by atoms with Crippen molar-refractivity contribution < 1.29 is 9.84 Å². The average molecular weight is 222 g/mol. The molecule has 2 heterocycles. The fourth-order valence-corrected chi connectivity index (χ4v) is 2.12. The minimum absolute atomic E-state index is 0.568. The number of rotatable bonds is 3. The third kappa shape index (κ3) is 2.51. The molecule has 1 aliphatic heterocycles. The fraction of sp³-hybridized carbons (Fsp3) is 0.583. The number of nitrogens with one attached hydrogen (secondary N) is 1. The first-order chi connectivity index (χ1) is 7.73. The summed E-state index contributed by atoms with van der Waals surface area (Å²) in [5.74, 6) is 0.759. The Morgan fingerprint density at radius 3 is 2.94 bits per heavy atom. The molecule has 1 aliphatic rings. The van der Waals surface area contributed by atoms with Gasteiger partial charge in [0.15, 0.2) is 0 Å². The Balaban J connectivity index is 2.12. The van der Waals surface area contributed by atoms with Crippen LogP contribution in [0.1, 0.15) is 18.5 Å². The number of aromatic nitrogens is 1. The lowest BCUT2D eigenvalue weighted by atomic mass is 9.87. The van der Waals surface area contributed by atoms with Crippen molar-refractivity contribution in [3.8, 4) is 5.75 Å². The van der Waals surface area contributed by atoms with E-state index >= 15 is 0 Å². The van der Waals surface area contributed by atoms with Crippen molar-refractivity contribution >= 4 is 0 Å². The molecule has 0 aliphatic carbocycles. The summed E-state index contributed by atoms with van der Waals surface area (Å²) in [6, 6.07) is 3.72. The molecule has 1 aromatic heterocycles. The zero-order chi connectivity index (χ0) is 11.4. The van der Waals surface area contributed by atoms with Crippen molar-refractivity contribution in [2.75, 3.05) is 20.2 Å². The molecule has 0 spiro atoms. The van der Waals surface area contributed by atoms with E-state index in [1.54, 1.807) is 13.3 Å². The lowest BCUT2D eigenvalue weighted by Crippen LogP contribution is -2.43. The van der Waals surface area contributed by atoms with Crippen LogP contribution in [0.15, 0.2) is 18.3 Å².